The Morgan fingerprint density at radius 2 is 1.43 bits per heavy atom. The van der Waals surface area contributed by atoms with Crippen molar-refractivity contribution in [3.63, 3.8) is 0 Å². The lowest BCUT2D eigenvalue weighted by molar-refractivity contribution is -0.137. The van der Waals surface area contributed by atoms with Crippen LogP contribution < -0.4 is 5.32 Å². The lowest BCUT2D eigenvalue weighted by Gasteiger charge is -2.26. The van der Waals surface area contributed by atoms with Crippen LogP contribution in [0.15, 0.2) is 109 Å². The highest BCUT2D eigenvalue weighted by Gasteiger charge is 2.41. The van der Waals surface area contributed by atoms with Gasteiger partial charge in [0.2, 0.25) is 11.8 Å². The third-order valence-electron chi connectivity index (χ3n) is 9.38. The van der Waals surface area contributed by atoms with Gasteiger partial charge in [0.05, 0.1) is 18.7 Å². The number of nitrogens with zero attached hydrogens (tertiary/aromatic N) is 1. The number of ketones is 1. The predicted molar refractivity (Wildman–Crippen MR) is 176 cm³/mol. The summed E-state index contributed by atoms with van der Waals surface area (Å²) in [5.41, 5.74) is 4.88. The van der Waals surface area contributed by atoms with Gasteiger partial charge in [-0.15, -0.1) is 0 Å². The molecule has 7 nitrogen and oxygen atoms in total. The zero-order valence-electron chi connectivity index (χ0n) is 25.8. The van der Waals surface area contributed by atoms with Crippen LogP contribution in [0.25, 0.3) is 0 Å². The number of nitrogens with one attached hydrogen (secondary N) is 1. The van der Waals surface area contributed by atoms with E-state index in [0.717, 1.165) is 27.8 Å². The van der Waals surface area contributed by atoms with Crippen molar-refractivity contribution in [3.8, 4) is 5.75 Å². The predicted octanol–water partition coefficient (Wildman–Crippen LogP) is 4.99. The van der Waals surface area contributed by atoms with Gasteiger partial charge in [-0.25, -0.2) is 0 Å². The Kier molecular flexibility index (Phi) is 9.60. The second-order valence-corrected chi connectivity index (χ2v) is 12.7. The van der Waals surface area contributed by atoms with E-state index in [1.165, 1.54) is 0 Å². The Balaban J connectivity index is 1.19. The Morgan fingerprint density at radius 1 is 0.804 bits per heavy atom. The fourth-order valence-electron chi connectivity index (χ4n) is 7.05. The van der Waals surface area contributed by atoms with Gasteiger partial charge < -0.3 is 20.4 Å². The monoisotopic (exact) mass is 616 g/mol. The van der Waals surface area contributed by atoms with Gasteiger partial charge in [-0.05, 0) is 65.6 Å². The van der Waals surface area contributed by atoms with E-state index in [1.54, 1.807) is 29.2 Å². The summed E-state index contributed by atoms with van der Waals surface area (Å²) in [6.07, 6.45) is 1.85. The van der Waals surface area contributed by atoms with Crippen LogP contribution in [0.5, 0.6) is 5.75 Å². The number of carbonyl (C=O) groups excluding carboxylic acids is 3. The number of aliphatic hydroxyl groups is 1. The van der Waals surface area contributed by atoms with Crippen LogP contribution in [0.3, 0.4) is 0 Å². The number of amides is 2. The largest absolute Gasteiger partial charge is 0.508 e. The lowest BCUT2D eigenvalue weighted by atomic mass is 9.92. The van der Waals surface area contributed by atoms with Gasteiger partial charge in [-0.2, -0.15) is 0 Å². The molecule has 0 spiro atoms. The summed E-state index contributed by atoms with van der Waals surface area (Å²) in [6, 6.07) is 33.6. The van der Waals surface area contributed by atoms with E-state index >= 15 is 0 Å². The number of phenols is 1. The molecule has 3 N–H and O–H groups in total. The molecule has 46 heavy (non-hydrogen) atoms. The van der Waals surface area contributed by atoms with Crippen LogP contribution in [0.2, 0.25) is 0 Å². The number of phenolic OH excluding ortho intramolecular Hbond substituents is 1. The molecule has 5 atom stereocenters. The van der Waals surface area contributed by atoms with E-state index in [2.05, 4.69) is 5.32 Å². The molecule has 1 fully saturated rings. The number of rotatable bonds is 12. The van der Waals surface area contributed by atoms with Gasteiger partial charge in [-0.1, -0.05) is 97.1 Å². The van der Waals surface area contributed by atoms with Gasteiger partial charge in [0.15, 0.2) is 5.78 Å². The number of benzene rings is 4. The summed E-state index contributed by atoms with van der Waals surface area (Å²) in [6.45, 7) is -0.0597. The molecule has 0 aromatic heterocycles. The average molecular weight is 617 g/mol. The van der Waals surface area contributed by atoms with Crippen molar-refractivity contribution in [2.24, 2.45) is 11.8 Å². The number of likely N-dealkylation sites (tertiary alicyclic amines) is 1. The maximum atomic E-state index is 13.8. The molecule has 1 saturated heterocycles. The molecule has 1 aliphatic carbocycles. The van der Waals surface area contributed by atoms with Gasteiger partial charge in [0.1, 0.15) is 5.75 Å². The minimum Gasteiger partial charge on any atom is -0.508 e. The van der Waals surface area contributed by atoms with Crippen molar-refractivity contribution >= 4 is 17.6 Å². The Bertz CT molecular complexity index is 1660. The third kappa shape index (κ3) is 7.37. The molecule has 0 saturated carbocycles. The maximum absolute atomic E-state index is 13.8. The highest BCUT2D eigenvalue weighted by molar-refractivity contribution is 5.92. The molecule has 0 bridgehead atoms. The van der Waals surface area contributed by atoms with Gasteiger partial charge in [-0.3, -0.25) is 14.4 Å². The highest BCUT2D eigenvalue weighted by atomic mass is 16.3. The van der Waals surface area contributed by atoms with Crippen LogP contribution in [0.1, 0.15) is 46.7 Å². The summed E-state index contributed by atoms with van der Waals surface area (Å²) < 4.78 is 0. The van der Waals surface area contributed by atoms with Crippen molar-refractivity contribution in [1.82, 2.24) is 10.2 Å². The average Bonchev–Trinajstić information content (AvgIpc) is 3.53. The minimum atomic E-state index is -0.756. The number of aromatic hydroxyl groups is 1. The number of hydrogen-bond acceptors (Lipinski definition) is 5. The van der Waals surface area contributed by atoms with Crippen LogP contribution >= 0.6 is 0 Å². The standard InChI is InChI=1S/C39H40N2O5/c42-33-17-15-28(16-18-33)19-30(38(45)40-37-35-14-8-7-13-29(35)24-36(37)44)23-34(43)25-41-32(21-27-11-5-2-6-12-27)22-31(39(41)46)20-26-9-3-1-4-10-26/h1-18,30-32,36-37,42,44H,19-25H2,(H,40,45)/t30-,31+,32+,36-,37?/m1/s1. The van der Waals surface area contributed by atoms with Gasteiger partial charge in [0, 0.05) is 30.7 Å². The van der Waals surface area contributed by atoms with E-state index in [0.29, 0.717) is 25.7 Å². The number of fused-ring (bicyclic) bond motifs is 1. The number of aliphatic hydroxyl groups excluding tert-OH is 1. The van der Waals surface area contributed by atoms with Crippen LogP contribution in [0.4, 0.5) is 0 Å². The summed E-state index contributed by atoms with van der Waals surface area (Å²) in [4.78, 5) is 43.2. The van der Waals surface area contributed by atoms with Crippen molar-refractivity contribution in [2.75, 3.05) is 6.54 Å². The fraction of sp³-hybridized carbons (Fsp3) is 0.308. The lowest BCUT2D eigenvalue weighted by Crippen LogP contribution is -2.42. The molecule has 0 radical (unpaired) electrons. The summed E-state index contributed by atoms with van der Waals surface area (Å²) in [7, 11) is 0. The van der Waals surface area contributed by atoms with Crippen LogP contribution in [-0.4, -0.2) is 51.4 Å². The molecule has 2 aliphatic rings. The number of Topliss-reactive ketones (excluding diaryl/α,β-unsaturated/α-hetero) is 1. The first kappa shape index (κ1) is 31.2. The first-order valence-corrected chi connectivity index (χ1v) is 16.1. The molecule has 1 aliphatic heterocycles. The van der Waals surface area contributed by atoms with Crippen molar-refractivity contribution < 1.29 is 24.6 Å². The molecule has 2 amide bonds. The summed E-state index contributed by atoms with van der Waals surface area (Å²) in [5.74, 6) is -1.35. The maximum Gasteiger partial charge on any atom is 0.226 e. The molecular formula is C39H40N2O5. The van der Waals surface area contributed by atoms with Gasteiger partial charge in [0.25, 0.3) is 0 Å². The van der Waals surface area contributed by atoms with E-state index in [9.17, 15) is 24.6 Å². The van der Waals surface area contributed by atoms with Crippen molar-refractivity contribution in [2.45, 2.75) is 56.7 Å². The highest BCUT2D eigenvalue weighted by Crippen LogP contribution is 2.33. The van der Waals surface area contributed by atoms with E-state index < -0.39 is 18.1 Å². The molecular weight excluding hydrogens is 576 g/mol. The molecule has 6 rings (SSSR count). The van der Waals surface area contributed by atoms with Crippen LogP contribution in [-0.2, 0) is 40.1 Å². The fourth-order valence-corrected chi connectivity index (χ4v) is 7.05. The Morgan fingerprint density at radius 3 is 2.13 bits per heavy atom. The molecule has 4 aromatic rings. The second-order valence-electron chi connectivity index (χ2n) is 12.7. The SMILES string of the molecule is O=C(C[C@@H](Cc1ccc(O)cc1)C(=O)NC1c2ccccc2C[C@H]1O)CN1C(=O)[C@@H](Cc2ccccc2)C[C@@H]1Cc1ccccc1. The zero-order chi connectivity index (χ0) is 32.0. The van der Waals surface area contributed by atoms with Gasteiger partial charge >= 0.3 is 0 Å². The number of hydrogen-bond donors (Lipinski definition) is 3. The Hall–Kier alpha value is -4.75. The molecule has 1 heterocycles. The first-order valence-electron chi connectivity index (χ1n) is 16.1. The molecule has 1 unspecified atom stereocenters. The van der Waals surface area contributed by atoms with Crippen molar-refractivity contribution in [3.05, 3.63) is 137 Å². The minimum absolute atomic E-state index is 0.0247. The third-order valence-corrected chi connectivity index (χ3v) is 9.38. The Labute approximate surface area is 269 Å². The molecule has 7 heteroatoms. The summed E-state index contributed by atoms with van der Waals surface area (Å²) >= 11 is 0. The second kappa shape index (κ2) is 14.1. The smallest absolute Gasteiger partial charge is 0.226 e. The number of carbonyl (C=O) groups is 3. The van der Waals surface area contributed by atoms with Crippen molar-refractivity contribution in [1.29, 1.82) is 0 Å². The molecule has 236 valence electrons. The summed E-state index contributed by atoms with van der Waals surface area (Å²) in [5, 5.41) is 23.6. The zero-order valence-corrected chi connectivity index (χ0v) is 25.8. The quantitative estimate of drug-likeness (QED) is 0.208. The topological polar surface area (TPSA) is 107 Å². The normalized spacial score (nSPS) is 21.2. The van der Waals surface area contributed by atoms with E-state index in [-0.39, 0.29) is 54.7 Å². The van der Waals surface area contributed by atoms with E-state index in [1.807, 2.05) is 84.9 Å². The van der Waals surface area contributed by atoms with E-state index in [4.69, 9.17) is 0 Å². The van der Waals surface area contributed by atoms with Crippen LogP contribution in [0, 0.1) is 11.8 Å². The molecule has 4 aromatic carbocycles. The first-order chi connectivity index (χ1) is 22.3.